The van der Waals surface area contributed by atoms with Gasteiger partial charge in [0.05, 0.1) is 5.56 Å². The molecular formula is C16H18O2. The fraction of sp³-hybridized carbons (Fsp3) is 0.562. The number of hydrogen-bond donors (Lipinski definition) is 0. The molecule has 0 radical (unpaired) electrons. The highest BCUT2D eigenvalue weighted by atomic mass is 16.5. The normalized spacial score (nSPS) is 40.1. The Morgan fingerprint density at radius 1 is 1.17 bits per heavy atom. The molecule has 1 aromatic rings. The molecule has 0 aromatic heterocycles. The SMILES string of the molecule is O=C(OC1CC2CCC23CCC13)c1ccccc1. The molecule has 0 bridgehead atoms. The summed E-state index contributed by atoms with van der Waals surface area (Å²) >= 11 is 0. The first kappa shape index (κ1) is 10.6. The maximum atomic E-state index is 12.1. The Morgan fingerprint density at radius 3 is 2.50 bits per heavy atom. The van der Waals surface area contributed by atoms with Gasteiger partial charge in [-0.25, -0.2) is 4.79 Å². The highest BCUT2D eigenvalue weighted by Gasteiger charge is 2.65. The van der Waals surface area contributed by atoms with Gasteiger partial charge in [0.25, 0.3) is 0 Å². The Bertz CT molecular complexity index is 477. The molecule has 94 valence electrons. The predicted octanol–water partition coefficient (Wildman–Crippen LogP) is 3.42. The summed E-state index contributed by atoms with van der Waals surface area (Å²) in [5.41, 5.74) is 1.28. The monoisotopic (exact) mass is 242 g/mol. The first-order valence-electron chi connectivity index (χ1n) is 7.06. The second kappa shape index (κ2) is 3.59. The molecule has 18 heavy (non-hydrogen) atoms. The van der Waals surface area contributed by atoms with Crippen molar-refractivity contribution in [3.05, 3.63) is 35.9 Å². The molecule has 3 aliphatic carbocycles. The lowest BCUT2D eigenvalue weighted by molar-refractivity contribution is -0.0873. The van der Waals surface area contributed by atoms with Gasteiger partial charge in [-0.05, 0) is 55.6 Å². The minimum absolute atomic E-state index is 0.135. The van der Waals surface area contributed by atoms with Crippen molar-refractivity contribution in [1.82, 2.24) is 0 Å². The van der Waals surface area contributed by atoms with E-state index in [1.54, 1.807) is 0 Å². The van der Waals surface area contributed by atoms with E-state index in [4.69, 9.17) is 4.74 Å². The fourth-order valence-electron chi connectivity index (χ4n) is 4.48. The number of rotatable bonds is 2. The number of benzene rings is 1. The number of esters is 1. The molecule has 3 fully saturated rings. The van der Waals surface area contributed by atoms with Crippen molar-refractivity contribution < 1.29 is 9.53 Å². The van der Waals surface area contributed by atoms with Gasteiger partial charge in [0.15, 0.2) is 0 Å². The molecule has 1 spiro atoms. The van der Waals surface area contributed by atoms with Gasteiger partial charge in [-0.2, -0.15) is 0 Å². The van der Waals surface area contributed by atoms with E-state index >= 15 is 0 Å². The second-order valence-corrected chi connectivity index (χ2v) is 6.16. The smallest absolute Gasteiger partial charge is 0.338 e. The summed E-state index contributed by atoms with van der Waals surface area (Å²) in [7, 11) is 0. The minimum atomic E-state index is -0.135. The largest absolute Gasteiger partial charge is 0.458 e. The van der Waals surface area contributed by atoms with Gasteiger partial charge in [0.1, 0.15) is 6.10 Å². The van der Waals surface area contributed by atoms with E-state index in [-0.39, 0.29) is 12.1 Å². The van der Waals surface area contributed by atoms with Crippen LogP contribution in [0.25, 0.3) is 0 Å². The van der Waals surface area contributed by atoms with E-state index in [1.165, 1.54) is 25.7 Å². The molecule has 2 nitrogen and oxygen atoms in total. The summed E-state index contributed by atoms with van der Waals surface area (Å²) < 4.78 is 5.77. The Morgan fingerprint density at radius 2 is 1.94 bits per heavy atom. The van der Waals surface area contributed by atoms with E-state index in [1.807, 2.05) is 30.3 Å². The van der Waals surface area contributed by atoms with Crippen LogP contribution in [0.3, 0.4) is 0 Å². The zero-order chi connectivity index (χ0) is 12.2. The Kier molecular flexibility index (Phi) is 2.12. The van der Waals surface area contributed by atoms with Crippen LogP contribution >= 0.6 is 0 Å². The highest BCUT2D eigenvalue weighted by Crippen LogP contribution is 2.70. The molecule has 0 heterocycles. The van der Waals surface area contributed by atoms with Crippen LogP contribution in [0.2, 0.25) is 0 Å². The van der Waals surface area contributed by atoms with Crippen LogP contribution in [0.5, 0.6) is 0 Å². The Hall–Kier alpha value is -1.31. The average molecular weight is 242 g/mol. The molecule has 0 aliphatic heterocycles. The fourth-order valence-corrected chi connectivity index (χ4v) is 4.48. The van der Waals surface area contributed by atoms with Gasteiger partial charge in [-0.3, -0.25) is 0 Å². The zero-order valence-electron chi connectivity index (χ0n) is 10.5. The summed E-state index contributed by atoms with van der Waals surface area (Å²) in [5.74, 6) is 1.39. The molecule has 2 heteroatoms. The van der Waals surface area contributed by atoms with E-state index in [0.29, 0.717) is 16.9 Å². The third-order valence-electron chi connectivity index (χ3n) is 5.66. The number of hydrogen-bond acceptors (Lipinski definition) is 2. The van der Waals surface area contributed by atoms with Crippen molar-refractivity contribution in [1.29, 1.82) is 0 Å². The van der Waals surface area contributed by atoms with Crippen molar-refractivity contribution in [2.75, 3.05) is 0 Å². The van der Waals surface area contributed by atoms with Crippen LogP contribution in [0.15, 0.2) is 30.3 Å². The molecular weight excluding hydrogens is 224 g/mol. The van der Waals surface area contributed by atoms with Gasteiger partial charge >= 0.3 is 5.97 Å². The molecule has 4 unspecified atom stereocenters. The summed E-state index contributed by atoms with van der Waals surface area (Å²) in [5, 5.41) is 0. The van der Waals surface area contributed by atoms with Crippen molar-refractivity contribution in [3.8, 4) is 0 Å². The van der Waals surface area contributed by atoms with E-state index in [9.17, 15) is 4.79 Å². The van der Waals surface area contributed by atoms with Gasteiger partial charge in [-0.1, -0.05) is 18.2 Å². The van der Waals surface area contributed by atoms with Gasteiger partial charge in [-0.15, -0.1) is 0 Å². The van der Waals surface area contributed by atoms with Crippen LogP contribution in [-0.2, 0) is 4.74 Å². The van der Waals surface area contributed by atoms with Crippen molar-refractivity contribution in [3.63, 3.8) is 0 Å². The summed E-state index contributed by atoms with van der Waals surface area (Å²) in [6.07, 6.45) is 6.69. The molecule has 3 aliphatic rings. The van der Waals surface area contributed by atoms with Crippen LogP contribution in [0.4, 0.5) is 0 Å². The lowest BCUT2D eigenvalue weighted by atomic mass is 9.48. The van der Waals surface area contributed by atoms with Crippen LogP contribution in [0.1, 0.15) is 42.5 Å². The quantitative estimate of drug-likeness (QED) is 0.743. The van der Waals surface area contributed by atoms with Crippen LogP contribution in [0, 0.1) is 17.3 Å². The molecule has 1 aromatic carbocycles. The number of ether oxygens (including phenoxy) is 1. The topological polar surface area (TPSA) is 26.3 Å². The summed E-state index contributed by atoms with van der Waals surface area (Å²) in [6.45, 7) is 0. The first-order valence-corrected chi connectivity index (χ1v) is 7.06. The molecule has 0 N–H and O–H groups in total. The number of carbonyl (C=O) groups excluding carboxylic acids is 1. The molecule has 4 rings (SSSR count). The second-order valence-electron chi connectivity index (χ2n) is 6.16. The van der Waals surface area contributed by atoms with Crippen LogP contribution in [-0.4, -0.2) is 12.1 Å². The minimum Gasteiger partial charge on any atom is -0.458 e. The van der Waals surface area contributed by atoms with Crippen molar-refractivity contribution in [2.24, 2.45) is 17.3 Å². The van der Waals surface area contributed by atoms with Gasteiger partial charge in [0, 0.05) is 5.92 Å². The maximum absolute atomic E-state index is 12.1. The van der Waals surface area contributed by atoms with Crippen molar-refractivity contribution in [2.45, 2.75) is 38.2 Å². The lowest BCUT2D eigenvalue weighted by Crippen LogP contribution is -2.49. The third-order valence-corrected chi connectivity index (χ3v) is 5.66. The molecule has 0 saturated heterocycles. The first-order chi connectivity index (χ1) is 8.79. The lowest BCUT2D eigenvalue weighted by Gasteiger charge is -2.56. The Labute approximate surface area is 107 Å². The Balaban J connectivity index is 1.48. The third kappa shape index (κ3) is 1.26. The standard InChI is InChI=1S/C16H18O2/c17-15(11-4-2-1-3-5-11)18-14-10-12-6-8-16(12)9-7-13(14)16/h1-5,12-14H,6-10H2. The van der Waals surface area contributed by atoms with E-state index < -0.39 is 0 Å². The van der Waals surface area contributed by atoms with Gasteiger partial charge in [0.2, 0.25) is 0 Å². The molecule has 0 amide bonds. The zero-order valence-corrected chi connectivity index (χ0v) is 10.5. The van der Waals surface area contributed by atoms with E-state index in [0.717, 1.165) is 12.3 Å². The molecule has 3 saturated carbocycles. The van der Waals surface area contributed by atoms with Crippen LogP contribution < -0.4 is 0 Å². The predicted molar refractivity (Wildman–Crippen MR) is 68.1 cm³/mol. The number of carbonyl (C=O) groups is 1. The average Bonchev–Trinajstić information content (AvgIpc) is 2.46. The summed E-state index contributed by atoms with van der Waals surface area (Å²) in [4.78, 5) is 12.1. The summed E-state index contributed by atoms with van der Waals surface area (Å²) in [6, 6.07) is 9.37. The maximum Gasteiger partial charge on any atom is 0.338 e. The van der Waals surface area contributed by atoms with E-state index in [2.05, 4.69) is 0 Å². The van der Waals surface area contributed by atoms with Gasteiger partial charge < -0.3 is 4.74 Å². The van der Waals surface area contributed by atoms with Crippen molar-refractivity contribution >= 4 is 5.97 Å². The molecule has 4 atom stereocenters. The highest BCUT2D eigenvalue weighted by molar-refractivity contribution is 5.89.